The molecule has 1 aromatic carbocycles. The summed E-state index contributed by atoms with van der Waals surface area (Å²) in [5.41, 5.74) is -1.20. The van der Waals surface area contributed by atoms with Crippen molar-refractivity contribution in [3.8, 4) is 0 Å². The number of hydrogen-bond acceptors (Lipinski definition) is 1. The van der Waals surface area contributed by atoms with Crippen molar-refractivity contribution in [2.24, 2.45) is 0 Å². The van der Waals surface area contributed by atoms with Crippen LogP contribution in [0.3, 0.4) is 0 Å². The summed E-state index contributed by atoms with van der Waals surface area (Å²) in [5.74, 6) is -0.663. The number of alkyl halides is 3. The molecule has 0 radical (unpaired) electrons. The van der Waals surface area contributed by atoms with E-state index in [0.717, 1.165) is 31.7 Å². The minimum Gasteiger partial charge on any atom is -0.352 e. The third kappa shape index (κ3) is 4.93. The summed E-state index contributed by atoms with van der Waals surface area (Å²) < 4.78 is 38.2. The summed E-state index contributed by atoms with van der Waals surface area (Å²) in [4.78, 5) is 11.7. The van der Waals surface area contributed by atoms with Crippen LogP contribution < -0.4 is 5.32 Å². The number of amides is 1. The van der Waals surface area contributed by atoms with Crippen LogP contribution in [0.4, 0.5) is 13.2 Å². The van der Waals surface area contributed by atoms with Gasteiger partial charge in [0.05, 0.1) is 11.1 Å². The van der Waals surface area contributed by atoms with Crippen molar-refractivity contribution in [1.29, 1.82) is 0 Å². The van der Waals surface area contributed by atoms with E-state index in [2.05, 4.69) is 12.2 Å². The Kier molecular flexibility index (Phi) is 5.86. The van der Waals surface area contributed by atoms with Gasteiger partial charge < -0.3 is 5.32 Å². The Labute approximate surface area is 111 Å². The van der Waals surface area contributed by atoms with Crippen molar-refractivity contribution in [3.63, 3.8) is 0 Å². The van der Waals surface area contributed by atoms with Gasteiger partial charge in [0, 0.05) is 6.54 Å². The average molecular weight is 273 g/mol. The maximum absolute atomic E-state index is 12.7. The van der Waals surface area contributed by atoms with Crippen molar-refractivity contribution >= 4 is 5.91 Å². The second kappa shape index (κ2) is 7.16. The van der Waals surface area contributed by atoms with Crippen molar-refractivity contribution in [1.82, 2.24) is 5.32 Å². The molecule has 0 saturated heterocycles. The van der Waals surface area contributed by atoms with Crippen molar-refractivity contribution in [2.45, 2.75) is 38.8 Å². The minimum atomic E-state index is -4.50. The van der Waals surface area contributed by atoms with Gasteiger partial charge in [-0.25, -0.2) is 0 Å². The van der Waals surface area contributed by atoms with Gasteiger partial charge >= 0.3 is 6.18 Å². The molecular weight excluding hydrogens is 255 g/mol. The fourth-order valence-electron chi connectivity index (χ4n) is 1.78. The van der Waals surface area contributed by atoms with E-state index in [4.69, 9.17) is 0 Å². The number of carbonyl (C=O) groups is 1. The molecule has 1 aromatic rings. The first-order chi connectivity index (χ1) is 8.96. The van der Waals surface area contributed by atoms with Crippen molar-refractivity contribution in [3.05, 3.63) is 35.4 Å². The Morgan fingerprint density at radius 1 is 1.16 bits per heavy atom. The highest BCUT2D eigenvalue weighted by Crippen LogP contribution is 2.31. The van der Waals surface area contributed by atoms with Crippen LogP contribution in [0, 0.1) is 0 Å². The van der Waals surface area contributed by atoms with Gasteiger partial charge in [0.25, 0.3) is 5.91 Å². The second-order valence-electron chi connectivity index (χ2n) is 4.36. The van der Waals surface area contributed by atoms with Crippen LogP contribution in [0.5, 0.6) is 0 Å². The Bertz CT molecular complexity index is 415. The summed E-state index contributed by atoms with van der Waals surface area (Å²) in [6.07, 6.45) is -0.610. The van der Waals surface area contributed by atoms with Gasteiger partial charge in [0.1, 0.15) is 0 Å². The molecule has 0 spiro atoms. The molecule has 0 saturated carbocycles. The van der Waals surface area contributed by atoms with E-state index in [9.17, 15) is 18.0 Å². The van der Waals surface area contributed by atoms with E-state index in [1.165, 1.54) is 18.2 Å². The number of halogens is 3. The summed E-state index contributed by atoms with van der Waals surface area (Å²) in [6, 6.07) is 4.83. The van der Waals surface area contributed by atoms with Crippen LogP contribution in [0.15, 0.2) is 24.3 Å². The first-order valence-electron chi connectivity index (χ1n) is 6.41. The lowest BCUT2D eigenvalue weighted by Crippen LogP contribution is -2.27. The standard InChI is InChI=1S/C14H18F3NO/c1-2-3-4-7-10-18-13(19)11-8-5-6-9-12(11)14(15,16)17/h5-6,8-9H,2-4,7,10H2,1H3,(H,18,19). The van der Waals surface area contributed by atoms with Gasteiger partial charge in [-0.15, -0.1) is 0 Å². The van der Waals surface area contributed by atoms with E-state index >= 15 is 0 Å². The Morgan fingerprint density at radius 3 is 2.47 bits per heavy atom. The smallest absolute Gasteiger partial charge is 0.352 e. The summed E-state index contributed by atoms with van der Waals surface area (Å²) >= 11 is 0. The van der Waals surface area contributed by atoms with E-state index < -0.39 is 17.6 Å². The normalized spacial score (nSPS) is 11.4. The fourth-order valence-corrected chi connectivity index (χ4v) is 1.78. The fraction of sp³-hybridized carbons (Fsp3) is 0.500. The predicted molar refractivity (Wildman–Crippen MR) is 67.9 cm³/mol. The van der Waals surface area contributed by atoms with Crippen LogP contribution in [0.2, 0.25) is 0 Å². The largest absolute Gasteiger partial charge is 0.417 e. The van der Waals surface area contributed by atoms with Crippen molar-refractivity contribution < 1.29 is 18.0 Å². The number of unbranched alkanes of at least 4 members (excludes halogenated alkanes) is 3. The molecule has 2 nitrogen and oxygen atoms in total. The molecular formula is C14H18F3NO. The number of nitrogens with one attached hydrogen (secondary N) is 1. The summed E-state index contributed by atoms with van der Waals surface area (Å²) in [7, 11) is 0. The number of benzene rings is 1. The maximum atomic E-state index is 12.7. The van der Waals surface area contributed by atoms with Crippen molar-refractivity contribution in [2.75, 3.05) is 6.54 Å². The molecule has 5 heteroatoms. The maximum Gasteiger partial charge on any atom is 0.417 e. The molecule has 0 aliphatic rings. The lowest BCUT2D eigenvalue weighted by molar-refractivity contribution is -0.137. The zero-order chi connectivity index (χ0) is 14.3. The molecule has 1 N–H and O–H groups in total. The lowest BCUT2D eigenvalue weighted by Gasteiger charge is -2.12. The van der Waals surface area contributed by atoms with E-state index in [1.807, 2.05) is 0 Å². The van der Waals surface area contributed by atoms with Crippen LogP contribution in [-0.4, -0.2) is 12.5 Å². The molecule has 0 aliphatic carbocycles. The Balaban J connectivity index is 2.62. The quantitative estimate of drug-likeness (QED) is 0.779. The number of rotatable bonds is 6. The molecule has 1 rings (SSSR count). The highest BCUT2D eigenvalue weighted by atomic mass is 19.4. The van der Waals surface area contributed by atoms with Crippen LogP contribution in [0.25, 0.3) is 0 Å². The molecule has 0 aromatic heterocycles. The van der Waals surface area contributed by atoms with Crippen LogP contribution in [-0.2, 0) is 6.18 Å². The summed E-state index contributed by atoms with van der Waals surface area (Å²) in [5, 5.41) is 2.53. The predicted octanol–water partition coefficient (Wildman–Crippen LogP) is 4.02. The first kappa shape index (κ1) is 15.5. The topological polar surface area (TPSA) is 29.1 Å². The molecule has 0 bridgehead atoms. The molecule has 0 aliphatic heterocycles. The lowest BCUT2D eigenvalue weighted by atomic mass is 10.1. The van der Waals surface area contributed by atoms with E-state index in [0.29, 0.717) is 6.54 Å². The highest BCUT2D eigenvalue weighted by molar-refractivity contribution is 5.95. The third-order valence-corrected chi connectivity index (χ3v) is 2.79. The zero-order valence-corrected chi connectivity index (χ0v) is 10.9. The number of hydrogen-bond donors (Lipinski definition) is 1. The van der Waals surface area contributed by atoms with Gasteiger partial charge in [-0.05, 0) is 18.6 Å². The first-order valence-corrected chi connectivity index (χ1v) is 6.41. The van der Waals surface area contributed by atoms with E-state index in [-0.39, 0.29) is 5.56 Å². The molecule has 106 valence electrons. The van der Waals surface area contributed by atoms with Gasteiger partial charge in [0.2, 0.25) is 0 Å². The zero-order valence-electron chi connectivity index (χ0n) is 10.9. The molecule has 0 fully saturated rings. The average Bonchev–Trinajstić information content (AvgIpc) is 2.37. The third-order valence-electron chi connectivity index (χ3n) is 2.79. The highest BCUT2D eigenvalue weighted by Gasteiger charge is 2.34. The summed E-state index contributed by atoms with van der Waals surface area (Å²) in [6.45, 7) is 2.48. The molecule has 0 unspecified atom stereocenters. The Morgan fingerprint density at radius 2 is 1.84 bits per heavy atom. The van der Waals surface area contributed by atoms with Gasteiger partial charge in [0.15, 0.2) is 0 Å². The minimum absolute atomic E-state index is 0.314. The van der Waals surface area contributed by atoms with Gasteiger partial charge in [-0.1, -0.05) is 38.3 Å². The van der Waals surface area contributed by atoms with Gasteiger partial charge in [-0.3, -0.25) is 4.79 Å². The number of carbonyl (C=O) groups excluding carboxylic acids is 1. The Hall–Kier alpha value is -1.52. The van der Waals surface area contributed by atoms with Gasteiger partial charge in [-0.2, -0.15) is 13.2 Å². The molecule has 19 heavy (non-hydrogen) atoms. The van der Waals surface area contributed by atoms with E-state index in [1.54, 1.807) is 0 Å². The van der Waals surface area contributed by atoms with Crippen LogP contribution in [0.1, 0.15) is 48.5 Å². The second-order valence-corrected chi connectivity index (χ2v) is 4.36. The molecule has 0 atom stereocenters. The molecule has 0 heterocycles. The van der Waals surface area contributed by atoms with Crippen LogP contribution >= 0.6 is 0 Å². The SMILES string of the molecule is CCCCCCNC(=O)c1ccccc1C(F)(F)F. The monoisotopic (exact) mass is 273 g/mol. The molecule has 1 amide bonds.